The Morgan fingerprint density at radius 3 is 2.67 bits per heavy atom. The maximum absolute atomic E-state index is 3.52. The molecule has 2 rings (SSSR count). The predicted molar refractivity (Wildman–Crippen MR) is 77.9 cm³/mol. The first-order valence-corrected chi connectivity index (χ1v) is 7.10. The van der Waals surface area contributed by atoms with E-state index in [0.29, 0.717) is 11.6 Å². The van der Waals surface area contributed by atoms with Gasteiger partial charge in [0.1, 0.15) is 0 Å². The largest absolute Gasteiger partial charge is 0.312 e. The smallest absolute Gasteiger partial charge is 0.0167 e. The summed E-state index contributed by atoms with van der Waals surface area (Å²) in [6.07, 6.45) is 2.40. The maximum Gasteiger partial charge on any atom is 0.0167 e. The molecule has 1 aromatic rings. The predicted octanol–water partition coefficient (Wildman–Crippen LogP) is 2.69. The monoisotopic (exact) mass is 246 g/mol. The number of rotatable bonds is 4. The molecule has 1 unspecified atom stereocenters. The van der Waals surface area contributed by atoms with Crippen LogP contribution in [0.2, 0.25) is 0 Å². The Morgan fingerprint density at radius 2 is 2.00 bits per heavy atom. The Balaban J connectivity index is 1.90. The molecule has 2 heteroatoms. The van der Waals surface area contributed by atoms with E-state index < -0.39 is 0 Å². The van der Waals surface area contributed by atoms with Crippen molar-refractivity contribution in [3.8, 4) is 0 Å². The SMILES string of the molecule is CC1CN(C(C)(C)CCc2ccccc2)CCN1. The summed E-state index contributed by atoms with van der Waals surface area (Å²) in [6.45, 7) is 10.5. The average molecular weight is 246 g/mol. The molecule has 0 amide bonds. The zero-order valence-corrected chi connectivity index (χ0v) is 11.9. The van der Waals surface area contributed by atoms with E-state index in [-0.39, 0.29) is 0 Å². The highest BCUT2D eigenvalue weighted by atomic mass is 15.2. The van der Waals surface area contributed by atoms with Gasteiger partial charge in [-0.15, -0.1) is 0 Å². The minimum absolute atomic E-state index is 0.298. The molecule has 1 aliphatic rings. The second-order valence-corrected chi connectivity index (χ2v) is 6.10. The van der Waals surface area contributed by atoms with Crippen molar-refractivity contribution in [1.82, 2.24) is 10.2 Å². The molecule has 1 aliphatic heterocycles. The van der Waals surface area contributed by atoms with Crippen LogP contribution in [0.5, 0.6) is 0 Å². The van der Waals surface area contributed by atoms with Crippen molar-refractivity contribution >= 4 is 0 Å². The van der Waals surface area contributed by atoms with Gasteiger partial charge in [0.25, 0.3) is 0 Å². The van der Waals surface area contributed by atoms with Gasteiger partial charge in [0.05, 0.1) is 0 Å². The molecule has 0 aromatic heterocycles. The molecule has 1 saturated heterocycles. The number of nitrogens with zero attached hydrogens (tertiary/aromatic N) is 1. The Morgan fingerprint density at radius 1 is 1.28 bits per heavy atom. The van der Waals surface area contributed by atoms with E-state index in [0.717, 1.165) is 6.54 Å². The molecule has 18 heavy (non-hydrogen) atoms. The number of aryl methyl sites for hydroxylation is 1. The van der Waals surface area contributed by atoms with Gasteiger partial charge in [-0.1, -0.05) is 30.3 Å². The molecule has 1 fully saturated rings. The second kappa shape index (κ2) is 5.85. The lowest BCUT2D eigenvalue weighted by Crippen LogP contribution is -2.56. The Hall–Kier alpha value is -0.860. The van der Waals surface area contributed by atoms with Crippen LogP contribution in [0.25, 0.3) is 0 Å². The van der Waals surface area contributed by atoms with E-state index in [1.807, 2.05) is 0 Å². The van der Waals surface area contributed by atoms with Crippen molar-refractivity contribution < 1.29 is 0 Å². The van der Waals surface area contributed by atoms with Crippen LogP contribution in [0.3, 0.4) is 0 Å². The van der Waals surface area contributed by atoms with Crippen LogP contribution in [-0.4, -0.2) is 36.1 Å². The van der Waals surface area contributed by atoms with Gasteiger partial charge in [-0.2, -0.15) is 0 Å². The van der Waals surface area contributed by atoms with Crippen molar-refractivity contribution in [1.29, 1.82) is 0 Å². The van der Waals surface area contributed by atoms with E-state index in [9.17, 15) is 0 Å². The highest BCUT2D eigenvalue weighted by molar-refractivity contribution is 5.15. The van der Waals surface area contributed by atoms with Crippen molar-refractivity contribution in [2.75, 3.05) is 19.6 Å². The summed E-state index contributed by atoms with van der Waals surface area (Å²) in [4.78, 5) is 2.64. The van der Waals surface area contributed by atoms with Crippen molar-refractivity contribution in [3.63, 3.8) is 0 Å². The summed E-state index contributed by atoms with van der Waals surface area (Å²) in [5.74, 6) is 0. The molecular weight excluding hydrogens is 220 g/mol. The zero-order valence-electron chi connectivity index (χ0n) is 11.9. The topological polar surface area (TPSA) is 15.3 Å². The number of piperazine rings is 1. The quantitative estimate of drug-likeness (QED) is 0.878. The van der Waals surface area contributed by atoms with Gasteiger partial charge in [-0.05, 0) is 39.2 Å². The molecule has 2 nitrogen and oxygen atoms in total. The molecule has 100 valence electrons. The third kappa shape index (κ3) is 3.56. The highest BCUT2D eigenvalue weighted by Gasteiger charge is 2.29. The van der Waals surface area contributed by atoms with Gasteiger partial charge in [0, 0.05) is 31.2 Å². The molecule has 1 N–H and O–H groups in total. The average Bonchev–Trinajstić information content (AvgIpc) is 2.38. The van der Waals surface area contributed by atoms with Crippen molar-refractivity contribution in [3.05, 3.63) is 35.9 Å². The maximum atomic E-state index is 3.52. The number of hydrogen-bond acceptors (Lipinski definition) is 2. The lowest BCUT2D eigenvalue weighted by molar-refractivity contribution is 0.0792. The van der Waals surface area contributed by atoms with E-state index in [4.69, 9.17) is 0 Å². The van der Waals surface area contributed by atoms with Crippen LogP contribution in [-0.2, 0) is 6.42 Å². The first-order valence-electron chi connectivity index (χ1n) is 7.10. The lowest BCUT2D eigenvalue weighted by Gasteiger charge is -2.43. The van der Waals surface area contributed by atoms with E-state index >= 15 is 0 Å². The summed E-state index contributed by atoms with van der Waals surface area (Å²) < 4.78 is 0. The van der Waals surface area contributed by atoms with Crippen molar-refractivity contribution in [2.24, 2.45) is 0 Å². The third-order valence-corrected chi connectivity index (χ3v) is 4.09. The Bertz CT molecular complexity index is 359. The minimum atomic E-state index is 0.298. The lowest BCUT2D eigenvalue weighted by atomic mass is 9.92. The Kier molecular flexibility index (Phi) is 4.41. The third-order valence-electron chi connectivity index (χ3n) is 4.09. The normalized spacial score (nSPS) is 22.1. The summed E-state index contributed by atoms with van der Waals surface area (Å²) in [5, 5.41) is 3.52. The fourth-order valence-electron chi connectivity index (χ4n) is 2.74. The summed E-state index contributed by atoms with van der Waals surface area (Å²) in [5.41, 5.74) is 1.75. The van der Waals surface area contributed by atoms with Crippen LogP contribution in [0.4, 0.5) is 0 Å². The van der Waals surface area contributed by atoms with Gasteiger partial charge >= 0.3 is 0 Å². The first kappa shape index (κ1) is 13.6. The fraction of sp³-hybridized carbons (Fsp3) is 0.625. The molecule has 0 spiro atoms. The first-order chi connectivity index (χ1) is 8.58. The van der Waals surface area contributed by atoms with Crippen LogP contribution < -0.4 is 5.32 Å². The molecule has 0 aliphatic carbocycles. The molecule has 1 heterocycles. The van der Waals surface area contributed by atoms with Crippen LogP contribution >= 0.6 is 0 Å². The minimum Gasteiger partial charge on any atom is -0.312 e. The summed E-state index contributed by atoms with van der Waals surface area (Å²) in [6, 6.07) is 11.4. The van der Waals surface area contributed by atoms with Gasteiger partial charge < -0.3 is 5.32 Å². The molecule has 0 radical (unpaired) electrons. The summed E-state index contributed by atoms with van der Waals surface area (Å²) in [7, 11) is 0. The number of benzene rings is 1. The molecule has 0 bridgehead atoms. The molecule has 1 aromatic carbocycles. The number of hydrogen-bond donors (Lipinski definition) is 1. The standard InChI is InChI=1S/C16H26N2/c1-14-13-18(12-11-17-14)16(2,3)10-9-15-7-5-4-6-8-15/h4-8,14,17H,9-13H2,1-3H3. The van der Waals surface area contributed by atoms with Gasteiger partial charge in [0.15, 0.2) is 0 Å². The van der Waals surface area contributed by atoms with Crippen LogP contribution in [0.15, 0.2) is 30.3 Å². The molecular formula is C16H26N2. The molecule has 0 saturated carbocycles. The van der Waals surface area contributed by atoms with E-state index in [1.165, 1.54) is 31.5 Å². The van der Waals surface area contributed by atoms with Crippen LogP contribution in [0, 0.1) is 0 Å². The van der Waals surface area contributed by atoms with Gasteiger partial charge in [0.2, 0.25) is 0 Å². The fourth-order valence-corrected chi connectivity index (χ4v) is 2.74. The highest BCUT2D eigenvalue weighted by Crippen LogP contribution is 2.22. The summed E-state index contributed by atoms with van der Waals surface area (Å²) >= 11 is 0. The zero-order chi connectivity index (χ0) is 13.0. The number of nitrogens with one attached hydrogen (secondary N) is 1. The van der Waals surface area contributed by atoms with Gasteiger partial charge in [-0.25, -0.2) is 0 Å². The van der Waals surface area contributed by atoms with Crippen LogP contribution in [0.1, 0.15) is 32.8 Å². The van der Waals surface area contributed by atoms with E-state index in [2.05, 4.69) is 61.3 Å². The Labute approximate surface area is 111 Å². The van der Waals surface area contributed by atoms with Gasteiger partial charge in [-0.3, -0.25) is 4.90 Å². The second-order valence-electron chi connectivity index (χ2n) is 6.10. The van der Waals surface area contributed by atoms with E-state index in [1.54, 1.807) is 0 Å². The molecule has 1 atom stereocenters. The van der Waals surface area contributed by atoms with Crippen molar-refractivity contribution in [2.45, 2.75) is 45.2 Å².